The minimum absolute atomic E-state index is 0.00383. The fraction of sp³-hybridized carbons (Fsp3) is 0.421. The quantitative estimate of drug-likeness (QED) is 0.214. The van der Waals surface area contributed by atoms with E-state index < -0.39 is 71.5 Å². The Morgan fingerprint density at radius 2 is 0.926 bits per heavy atom. The average Bonchev–Trinajstić information content (AvgIpc) is 3.66. The van der Waals surface area contributed by atoms with Crippen molar-refractivity contribution in [3.05, 3.63) is 73.1 Å². The topological polar surface area (TPSA) is 206 Å². The Kier molecular flexibility index (Phi) is 11.4. The van der Waals surface area contributed by atoms with E-state index in [-0.39, 0.29) is 62.4 Å². The lowest BCUT2D eigenvalue weighted by molar-refractivity contribution is -0.186. The summed E-state index contributed by atoms with van der Waals surface area (Å²) in [6, 6.07) is 9.45. The third-order valence-corrected chi connectivity index (χ3v) is 10.1. The number of pyridine rings is 2. The number of aromatic nitrogens is 2. The monoisotopic (exact) mass is 742 g/mol. The maximum absolute atomic E-state index is 13.6. The summed E-state index contributed by atoms with van der Waals surface area (Å²) in [6.07, 6.45) is 8.04. The van der Waals surface area contributed by atoms with Crippen LogP contribution < -0.4 is 9.47 Å². The van der Waals surface area contributed by atoms with E-state index in [1.54, 1.807) is 24.3 Å². The molecule has 4 heterocycles. The van der Waals surface area contributed by atoms with Gasteiger partial charge >= 0.3 is 23.9 Å². The van der Waals surface area contributed by atoms with Crippen molar-refractivity contribution < 1.29 is 57.3 Å². The zero-order valence-corrected chi connectivity index (χ0v) is 29.3. The van der Waals surface area contributed by atoms with Crippen LogP contribution in [0, 0.1) is 11.8 Å². The van der Waals surface area contributed by atoms with Gasteiger partial charge in [-0.25, -0.2) is 19.6 Å². The highest BCUT2D eigenvalue weighted by Gasteiger charge is 2.50. The summed E-state index contributed by atoms with van der Waals surface area (Å²) < 4.78 is 22.6. The van der Waals surface area contributed by atoms with E-state index in [9.17, 15) is 38.4 Å². The van der Waals surface area contributed by atoms with E-state index in [4.69, 9.17) is 18.9 Å². The zero-order valence-electron chi connectivity index (χ0n) is 29.3. The van der Waals surface area contributed by atoms with Crippen LogP contribution in [0.4, 0.5) is 0 Å². The van der Waals surface area contributed by atoms with Gasteiger partial charge in [-0.3, -0.25) is 38.6 Å². The molecule has 2 saturated carbocycles. The number of carbonyl (C=O) groups is 8. The van der Waals surface area contributed by atoms with Crippen LogP contribution >= 0.6 is 0 Å². The predicted molar refractivity (Wildman–Crippen MR) is 182 cm³/mol. The molecule has 2 aliphatic heterocycles. The van der Waals surface area contributed by atoms with Gasteiger partial charge in [0.05, 0.1) is 12.8 Å². The highest BCUT2D eigenvalue weighted by molar-refractivity contribution is 6.13. The number of ether oxygens (including phenoxy) is 4. The molecule has 0 N–H and O–H groups in total. The maximum atomic E-state index is 13.6. The maximum Gasteiger partial charge on any atom is 0.357 e. The molecule has 0 atom stereocenters. The van der Waals surface area contributed by atoms with E-state index in [1.165, 1.54) is 48.8 Å². The van der Waals surface area contributed by atoms with Crippen molar-refractivity contribution in [2.45, 2.75) is 75.4 Å². The number of amides is 4. The number of esters is 4. The molecule has 0 radical (unpaired) electrons. The SMILES string of the molecule is O=C(CCC(=O)OC1(C(=O)Oc2ccccn2)CCC(CN2C(=O)C=CC2=O)CC1)OC1(C(=O)Oc2ccccn2)CCC(CN2C(=O)C=CC2=O)CC1. The smallest absolute Gasteiger partial charge is 0.357 e. The summed E-state index contributed by atoms with van der Waals surface area (Å²) in [7, 11) is 0. The van der Waals surface area contributed by atoms with Gasteiger partial charge in [-0.1, -0.05) is 12.1 Å². The lowest BCUT2D eigenvalue weighted by Crippen LogP contribution is -2.50. The Balaban J connectivity index is 1.09. The van der Waals surface area contributed by atoms with Gasteiger partial charge in [-0.2, -0.15) is 0 Å². The van der Waals surface area contributed by atoms with Gasteiger partial charge in [0.1, 0.15) is 0 Å². The lowest BCUT2D eigenvalue weighted by Gasteiger charge is -2.38. The summed E-state index contributed by atoms with van der Waals surface area (Å²) >= 11 is 0. The number of hydrogen-bond donors (Lipinski definition) is 0. The first kappa shape index (κ1) is 37.7. The number of rotatable bonds is 13. The second kappa shape index (κ2) is 16.3. The van der Waals surface area contributed by atoms with Crippen molar-refractivity contribution in [1.82, 2.24) is 19.8 Å². The van der Waals surface area contributed by atoms with Gasteiger partial charge < -0.3 is 18.9 Å². The standard InChI is InChI=1S/C38H38N4O12/c43-29-7-8-30(44)41(29)23-25-13-17-37(18-14-25,35(49)51-27-5-1-3-21-39-27)53-33(47)11-12-34(48)54-38(36(50)52-28-6-2-4-22-40-28)19-15-26(16-20-38)24-42-31(45)9-10-32(42)46/h1-10,21-22,25-26H,11-20,23-24H2. The van der Waals surface area contributed by atoms with Crippen LogP contribution in [-0.4, -0.2) is 91.6 Å². The summed E-state index contributed by atoms with van der Waals surface area (Å²) in [5.41, 5.74) is -3.46. The normalized spacial score (nSPS) is 25.1. The Morgan fingerprint density at radius 1 is 0.574 bits per heavy atom. The molecule has 0 aromatic carbocycles. The molecule has 0 bridgehead atoms. The molecule has 0 spiro atoms. The summed E-state index contributed by atoms with van der Waals surface area (Å²) in [4.78, 5) is 112. The van der Waals surface area contributed by atoms with Crippen molar-refractivity contribution in [2.75, 3.05) is 13.1 Å². The molecule has 16 nitrogen and oxygen atoms in total. The molecule has 2 aromatic heterocycles. The predicted octanol–water partition coefficient (Wildman–Crippen LogP) is 2.56. The minimum atomic E-state index is -1.73. The van der Waals surface area contributed by atoms with Gasteiger partial charge in [0.25, 0.3) is 23.6 Å². The van der Waals surface area contributed by atoms with Crippen molar-refractivity contribution in [3.8, 4) is 11.8 Å². The van der Waals surface area contributed by atoms with Crippen LogP contribution in [-0.2, 0) is 47.8 Å². The van der Waals surface area contributed by atoms with E-state index in [0.717, 1.165) is 9.80 Å². The number of hydrogen-bond acceptors (Lipinski definition) is 14. The molecule has 2 fully saturated rings. The van der Waals surface area contributed by atoms with Crippen molar-refractivity contribution >= 4 is 47.5 Å². The lowest BCUT2D eigenvalue weighted by atomic mass is 9.78. The fourth-order valence-corrected chi connectivity index (χ4v) is 7.02. The fourth-order valence-electron chi connectivity index (χ4n) is 7.02. The van der Waals surface area contributed by atoms with Crippen LogP contribution in [0.2, 0.25) is 0 Å². The number of imide groups is 2. The largest absolute Gasteiger partial charge is 0.447 e. The first-order chi connectivity index (χ1) is 25.9. The van der Waals surface area contributed by atoms with Gasteiger partial charge in [-0.15, -0.1) is 0 Å². The molecular weight excluding hydrogens is 704 g/mol. The third-order valence-electron chi connectivity index (χ3n) is 10.1. The Labute approximate surface area is 309 Å². The Bertz CT molecular complexity index is 1690. The first-order valence-electron chi connectivity index (χ1n) is 17.7. The molecule has 0 unspecified atom stereocenters. The molecule has 6 rings (SSSR count). The van der Waals surface area contributed by atoms with Crippen molar-refractivity contribution in [3.63, 3.8) is 0 Å². The zero-order chi connectivity index (χ0) is 38.3. The van der Waals surface area contributed by atoms with Crippen LogP contribution in [0.15, 0.2) is 73.1 Å². The Morgan fingerprint density at radius 3 is 1.24 bits per heavy atom. The second-order valence-electron chi connectivity index (χ2n) is 13.7. The molecule has 282 valence electrons. The third kappa shape index (κ3) is 8.76. The first-order valence-corrected chi connectivity index (χ1v) is 17.7. The van der Waals surface area contributed by atoms with Crippen LogP contribution in [0.5, 0.6) is 11.8 Å². The van der Waals surface area contributed by atoms with Gasteiger partial charge in [0, 0.05) is 61.9 Å². The molecule has 4 aliphatic rings. The molecule has 54 heavy (non-hydrogen) atoms. The van der Waals surface area contributed by atoms with E-state index in [0.29, 0.717) is 25.7 Å². The van der Waals surface area contributed by atoms with Crippen molar-refractivity contribution in [1.29, 1.82) is 0 Å². The van der Waals surface area contributed by atoms with Gasteiger partial charge in [-0.05, 0) is 75.3 Å². The molecular formula is C38H38N4O12. The van der Waals surface area contributed by atoms with Gasteiger partial charge in [0.2, 0.25) is 23.0 Å². The summed E-state index contributed by atoms with van der Waals surface area (Å²) in [6.45, 7) is 0.291. The highest BCUT2D eigenvalue weighted by atomic mass is 16.6. The molecule has 2 aliphatic carbocycles. The van der Waals surface area contributed by atoms with Crippen LogP contribution in [0.1, 0.15) is 64.2 Å². The summed E-state index contributed by atoms with van der Waals surface area (Å²) in [5.74, 6) is -5.49. The number of nitrogens with zero attached hydrogens (tertiary/aromatic N) is 4. The molecule has 4 amide bonds. The van der Waals surface area contributed by atoms with Gasteiger partial charge in [0.15, 0.2) is 0 Å². The summed E-state index contributed by atoms with van der Waals surface area (Å²) in [5, 5.41) is 0. The average molecular weight is 743 g/mol. The van der Waals surface area contributed by atoms with E-state index >= 15 is 0 Å². The van der Waals surface area contributed by atoms with Crippen molar-refractivity contribution in [2.24, 2.45) is 11.8 Å². The van der Waals surface area contributed by atoms with E-state index in [2.05, 4.69) is 9.97 Å². The molecule has 2 aromatic rings. The van der Waals surface area contributed by atoms with Crippen LogP contribution in [0.25, 0.3) is 0 Å². The minimum Gasteiger partial charge on any atom is -0.447 e. The number of carbonyl (C=O) groups excluding carboxylic acids is 8. The molecule has 0 saturated heterocycles. The Hall–Kier alpha value is -6.06. The second-order valence-corrected chi connectivity index (χ2v) is 13.7. The highest BCUT2D eigenvalue weighted by Crippen LogP contribution is 2.39. The van der Waals surface area contributed by atoms with Crippen LogP contribution in [0.3, 0.4) is 0 Å². The molecule has 16 heteroatoms. The van der Waals surface area contributed by atoms with E-state index in [1.807, 2.05) is 0 Å².